The molecule has 4 rings (SSSR count). The van der Waals surface area contributed by atoms with Gasteiger partial charge in [0, 0.05) is 63.4 Å². The third-order valence-electron chi connectivity index (χ3n) is 4.95. The van der Waals surface area contributed by atoms with Crippen LogP contribution < -0.4 is 10.2 Å². The van der Waals surface area contributed by atoms with E-state index in [1.165, 1.54) is 12.1 Å². The van der Waals surface area contributed by atoms with Crippen LogP contribution in [0.4, 0.5) is 10.1 Å². The lowest BCUT2D eigenvalue weighted by Crippen LogP contribution is -2.49. The van der Waals surface area contributed by atoms with Crippen molar-refractivity contribution >= 4 is 23.1 Å². The molecule has 0 bridgehead atoms. The van der Waals surface area contributed by atoms with Gasteiger partial charge in [0.05, 0.1) is 6.20 Å². The molecule has 0 spiro atoms. The SMILES string of the molecule is O=C(NCCC(=O)N1CCN(c2ccc(F)cc2)CC1)c1cn2ccncc2n1. The first kappa shape index (κ1) is 18.9. The van der Waals surface area contributed by atoms with Crippen LogP contribution in [0, 0.1) is 5.82 Å². The Balaban J connectivity index is 1.23. The number of nitrogens with one attached hydrogen (secondary N) is 1. The van der Waals surface area contributed by atoms with Gasteiger partial charge in [-0.3, -0.25) is 14.6 Å². The zero-order chi connectivity index (χ0) is 20.2. The number of hydrogen-bond acceptors (Lipinski definition) is 5. The monoisotopic (exact) mass is 396 g/mol. The van der Waals surface area contributed by atoms with Crippen molar-refractivity contribution in [1.29, 1.82) is 0 Å². The highest BCUT2D eigenvalue weighted by Gasteiger charge is 2.21. The summed E-state index contributed by atoms with van der Waals surface area (Å²) in [5, 5.41) is 2.74. The van der Waals surface area contributed by atoms with Gasteiger partial charge in [0.2, 0.25) is 5.91 Å². The predicted molar refractivity (Wildman–Crippen MR) is 105 cm³/mol. The second kappa shape index (κ2) is 8.26. The highest BCUT2D eigenvalue weighted by atomic mass is 19.1. The average Bonchev–Trinajstić information content (AvgIpc) is 3.19. The molecule has 1 N–H and O–H groups in total. The van der Waals surface area contributed by atoms with Crippen LogP contribution in [0.25, 0.3) is 5.65 Å². The van der Waals surface area contributed by atoms with E-state index < -0.39 is 0 Å². The minimum absolute atomic E-state index is 0.00302. The van der Waals surface area contributed by atoms with Crippen LogP contribution in [0.2, 0.25) is 0 Å². The van der Waals surface area contributed by atoms with Crippen LogP contribution in [-0.4, -0.2) is 63.8 Å². The minimum atomic E-state index is -0.317. The van der Waals surface area contributed by atoms with E-state index in [0.717, 1.165) is 5.69 Å². The fourth-order valence-electron chi connectivity index (χ4n) is 3.35. The van der Waals surface area contributed by atoms with Crippen molar-refractivity contribution in [3.63, 3.8) is 0 Å². The summed E-state index contributed by atoms with van der Waals surface area (Å²) in [6.45, 7) is 2.84. The zero-order valence-corrected chi connectivity index (χ0v) is 15.8. The molecule has 1 aliphatic heterocycles. The number of nitrogens with zero attached hydrogens (tertiary/aromatic N) is 5. The average molecular weight is 396 g/mol. The normalized spacial score (nSPS) is 14.2. The van der Waals surface area contributed by atoms with E-state index in [9.17, 15) is 14.0 Å². The summed E-state index contributed by atoms with van der Waals surface area (Å²) in [6.07, 6.45) is 6.77. The van der Waals surface area contributed by atoms with Gasteiger partial charge in [-0.05, 0) is 24.3 Å². The highest BCUT2D eigenvalue weighted by Crippen LogP contribution is 2.17. The lowest BCUT2D eigenvalue weighted by atomic mass is 10.2. The number of carbonyl (C=O) groups is 2. The molecule has 1 fully saturated rings. The van der Waals surface area contributed by atoms with E-state index in [2.05, 4.69) is 20.2 Å². The molecule has 0 aliphatic carbocycles. The lowest BCUT2D eigenvalue weighted by Gasteiger charge is -2.36. The van der Waals surface area contributed by atoms with Gasteiger partial charge in [-0.25, -0.2) is 9.37 Å². The molecule has 0 atom stereocenters. The molecule has 0 radical (unpaired) electrons. The Morgan fingerprint density at radius 2 is 1.86 bits per heavy atom. The molecule has 3 heterocycles. The summed E-state index contributed by atoms with van der Waals surface area (Å²) in [7, 11) is 0. The second-order valence-corrected chi connectivity index (χ2v) is 6.82. The van der Waals surface area contributed by atoms with Crippen LogP contribution in [0.3, 0.4) is 0 Å². The topological polar surface area (TPSA) is 82.8 Å². The quantitative estimate of drug-likeness (QED) is 0.704. The van der Waals surface area contributed by atoms with Crippen molar-refractivity contribution in [2.75, 3.05) is 37.6 Å². The summed E-state index contributed by atoms with van der Waals surface area (Å²) in [5.41, 5.74) is 1.83. The second-order valence-electron chi connectivity index (χ2n) is 6.82. The standard InChI is InChI=1S/C20H21FN6O2/c21-15-1-3-16(4-2-15)25-9-11-26(12-10-25)19(28)5-6-23-20(29)17-14-27-8-7-22-13-18(27)24-17/h1-4,7-8,13-14H,5-6,9-12H2,(H,23,29). The molecule has 2 aromatic heterocycles. The van der Waals surface area contributed by atoms with Crippen LogP contribution in [0.1, 0.15) is 16.9 Å². The van der Waals surface area contributed by atoms with Gasteiger partial charge >= 0.3 is 0 Å². The maximum absolute atomic E-state index is 13.1. The van der Waals surface area contributed by atoms with E-state index in [4.69, 9.17) is 0 Å². The van der Waals surface area contributed by atoms with Crippen molar-refractivity contribution in [2.24, 2.45) is 0 Å². The Labute approximate surface area is 167 Å². The summed E-state index contributed by atoms with van der Waals surface area (Å²) >= 11 is 0. The smallest absolute Gasteiger partial charge is 0.271 e. The minimum Gasteiger partial charge on any atom is -0.368 e. The summed E-state index contributed by atoms with van der Waals surface area (Å²) in [5.74, 6) is -0.573. The summed E-state index contributed by atoms with van der Waals surface area (Å²) in [4.78, 5) is 36.7. The number of rotatable bonds is 5. The summed E-state index contributed by atoms with van der Waals surface area (Å²) < 4.78 is 14.8. The van der Waals surface area contributed by atoms with Gasteiger partial charge in [0.1, 0.15) is 11.5 Å². The van der Waals surface area contributed by atoms with Gasteiger partial charge in [0.25, 0.3) is 5.91 Å². The van der Waals surface area contributed by atoms with Crippen LogP contribution in [0.15, 0.2) is 49.1 Å². The molecule has 3 aromatic rings. The molecule has 150 valence electrons. The maximum Gasteiger partial charge on any atom is 0.271 e. The lowest BCUT2D eigenvalue weighted by molar-refractivity contribution is -0.131. The van der Waals surface area contributed by atoms with Crippen molar-refractivity contribution in [1.82, 2.24) is 24.6 Å². The number of benzene rings is 1. The van der Waals surface area contributed by atoms with E-state index in [0.29, 0.717) is 37.5 Å². The number of amides is 2. The largest absolute Gasteiger partial charge is 0.368 e. The van der Waals surface area contributed by atoms with Gasteiger partial charge in [-0.2, -0.15) is 0 Å². The number of aromatic nitrogens is 3. The van der Waals surface area contributed by atoms with Crippen LogP contribution in [0.5, 0.6) is 0 Å². The molecule has 1 saturated heterocycles. The van der Waals surface area contributed by atoms with E-state index in [1.807, 2.05) is 0 Å². The Kier molecular flexibility index (Phi) is 5.37. The Hall–Kier alpha value is -3.49. The van der Waals surface area contributed by atoms with E-state index in [-0.39, 0.29) is 30.6 Å². The fraction of sp³-hybridized carbons (Fsp3) is 0.300. The van der Waals surface area contributed by atoms with Crippen molar-refractivity contribution in [3.05, 3.63) is 60.6 Å². The molecule has 1 aliphatic rings. The fourth-order valence-corrected chi connectivity index (χ4v) is 3.35. The third kappa shape index (κ3) is 4.34. The molecule has 1 aromatic carbocycles. The first-order valence-corrected chi connectivity index (χ1v) is 9.45. The predicted octanol–water partition coefficient (Wildman–Crippen LogP) is 1.34. The maximum atomic E-state index is 13.1. The first-order valence-electron chi connectivity index (χ1n) is 9.45. The van der Waals surface area contributed by atoms with Crippen molar-refractivity contribution in [3.8, 4) is 0 Å². The Bertz CT molecular complexity index is 978. The number of imidazole rings is 1. The highest BCUT2D eigenvalue weighted by molar-refractivity contribution is 5.93. The molecule has 0 unspecified atom stereocenters. The van der Waals surface area contributed by atoms with Crippen molar-refractivity contribution < 1.29 is 14.0 Å². The van der Waals surface area contributed by atoms with Gasteiger partial charge in [-0.1, -0.05) is 0 Å². The van der Waals surface area contributed by atoms with Crippen LogP contribution in [-0.2, 0) is 4.79 Å². The molecule has 2 amide bonds. The Morgan fingerprint density at radius 1 is 1.10 bits per heavy atom. The molecular weight excluding hydrogens is 375 g/mol. The number of halogens is 1. The first-order chi connectivity index (χ1) is 14.1. The molecular formula is C20H21FN6O2. The number of piperazine rings is 1. The summed E-state index contributed by atoms with van der Waals surface area (Å²) in [6, 6.07) is 6.37. The van der Waals surface area contributed by atoms with E-state index in [1.54, 1.807) is 46.2 Å². The number of carbonyl (C=O) groups excluding carboxylic acids is 2. The van der Waals surface area contributed by atoms with Gasteiger partial charge in [0.15, 0.2) is 5.65 Å². The number of anilines is 1. The van der Waals surface area contributed by atoms with E-state index >= 15 is 0 Å². The third-order valence-corrected chi connectivity index (χ3v) is 4.95. The molecule has 0 saturated carbocycles. The van der Waals surface area contributed by atoms with Gasteiger partial charge in [-0.15, -0.1) is 0 Å². The number of hydrogen-bond donors (Lipinski definition) is 1. The van der Waals surface area contributed by atoms with Gasteiger partial charge < -0.3 is 19.5 Å². The Morgan fingerprint density at radius 3 is 2.59 bits per heavy atom. The molecule has 9 heteroatoms. The number of fused-ring (bicyclic) bond motifs is 1. The van der Waals surface area contributed by atoms with Crippen LogP contribution >= 0.6 is 0 Å². The molecule has 29 heavy (non-hydrogen) atoms. The molecule has 8 nitrogen and oxygen atoms in total. The zero-order valence-electron chi connectivity index (χ0n) is 15.8. The van der Waals surface area contributed by atoms with Crippen molar-refractivity contribution in [2.45, 2.75) is 6.42 Å².